The number of thiazole rings is 1. The van der Waals surface area contributed by atoms with E-state index < -0.39 is 0 Å². The molecule has 0 saturated carbocycles. The third-order valence-electron chi connectivity index (χ3n) is 3.84. The molecule has 21 heavy (non-hydrogen) atoms. The molecule has 2 heterocycles. The van der Waals surface area contributed by atoms with Gasteiger partial charge in [0, 0.05) is 24.0 Å². The normalized spacial score (nSPS) is 18.5. The van der Waals surface area contributed by atoms with Crippen molar-refractivity contribution in [2.24, 2.45) is 5.73 Å². The number of nitrogens with two attached hydrogens (primary N) is 1. The van der Waals surface area contributed by atoms with Crippen LogP contribution < -0.4 is 11.1 Å². The van der Waals surface area contributed by atoms with E-state index >= 15 is 0 Å². The molecule has 3 N–H and O–H groups in total. The van der Waals surface area contributed by atoms with Gasteiger partial charge in [0.2, 0.25) is 5.91 Å². The summed E-state index contributed by atoms with van der Waals surface area (Å²) in [7, 11) is 0. The van der Waals surface area contributed by atoms with Gasteiger partial charge in [-0.05, 0) is 32.1 Å². The molecule has 0 spiro atoms. The molecule has 120 valence electrons. The number of anilines is 1. The Hall–Kier alpha value is -0.400. The Morgan fingerprint density at radius 3 is 2.71 bits per heavy atom. The number of aryl methyl sites for hydroxylation is 2. The quantitative estimate of drug-likeness (QED) is 0.870. The van der Waals surface area contributed by atoms with Crippen LogP contribution in [-0.2, 0) is 17.6 Å². The topological polar surface area (TPSA) is 71.2 Å². The van der Waals surface area contributed by atoms with Gasteiger partial charge in [-0.2, -0.15) is 0 Å². The van der Waals surface area contributed by atoms with Gasteiger partial charge in [0.15, 0.2) is 5.13 Å². The number of fused-ring (bicyclic) bond motifs is 1. The van der Waals surface area contributed by atoms with Crippen LogP contribution in [0.2, 0.25) is 0 Å². The second-order valence-corrected chi connectivity index (χ2v) is 6.49. The van der Waals surface area contributed by atoms with Crippen LogP contribution >= 0.6 is 36.2 Å². The van der Waals surface area contributed by atoms with E-state index in [4.69, 9.17) is 5.73 Å². The molecule has 1 aliphatic carbocycles. The second-order valence-electron chi connectivity index (χ2n) is 5.40. The fraction of sp³-hybridized carbons (Fsp3) is 0.692. The number of nitrogens with zero attached hydrogens (tertiary/aromatic N) is 2. The highest BCUT2D eigenvalue weighted by atomic mass is 35.5. The molecule has 5 nitrogen and oxygen atoms in total. The molecule has 1 aromatic heterocycles. The van der Waals surface area contributed by atoms with Crippen molar-refractivity contribution in [3.8, 4) is 0 Å². The van der Waals surface area contributed by atoms with Crippen molar-refractivity contribution in [2.45, 2.75) is 38.1 Å². The lowest BCUT2D eigenvalue weighted by atomic mass is 10.1. The van der Waals surface area contributed by atoms with Crippen LogP contribution in [0.1, 0.15) is 29.8 Å². The van der Waals surface area contributed by atoms with Crippen molar-refractivity contribution in [1.82, 2.24) is 9.88 Å². The first kappa shape index (κ1) is 18.6. The van der Waals surface area contributed by atoms with Crippen molar-refractivity contribution in [3.63, 3.8) is 0 Å². The van der Waals surface area contributed by atoms with Gasteiger partial charge in [0.25, 0.3) is 0 Å². The molecule has 0 radical (unpaired) electrons. The summed E-state index contributed by atoms with van der Waals surface area (Å²) in [4.78, 5) is 20.0. The minimum Gasteiger partial charge on any atom is -0.328 e. The molecule has 8 heteroatoms. The number of carbonyl (C=O) groups excluding carboxylic acids is 1. The fourth-order valence-corrected chi connectivity index (χ4v) is 3.78. The smallest absolute Gasteiger partial charge is 0.240 e. The minimum absolute atomic E-state index is 0. The van der Waals surface area contributed by atoms with Crippen molar-refractivity contribution in [3.05, 3.63) is 10.6 Å². The number of nitrogens with one attached hydrogen (secondary N) is 1. The summed E-state index contributed by atoms with van der Waals surface area (Å²) in [5.41, 5.74) is 7.04. The van der Waals surface area contributed by atoms with Crippen LogP contribution in [0.4, 0.5) is 5.13 Å². The van der Waals surface area contributed by atoms with E-state index in [1.54, 1.807) is 11.3 Å². The Morgan fingerprint density at radius 2 is 2.05 bits per heavy atom. The molecular weight excluding hydrogens is 331 g/mol. The van der Waals surface area contributed by atoms with E-state index in [1.165, 1.54) is 17.0 Å². The van der Waals surface area contributed by atoms with Crippen LogP contribution in [0, 0.1) is 0 Å². The zero-order valence-corrected chi connectivity index (χ0v) is 14.3. The van der Waals surface area contributed by atoms with E-state index in [2.05, 4.69) is 15.2 Å². The zero-order chi connectivity index (χ0) is 13.2. The number of carbonyl (C=O) groups is 1. The van der Waals surface area contributed by atoms with Crippen molar-refractivity contribution in [1.29, 1.82) is 0 Å². The lowest BCUT2D eigenvalue weighted by Crippen LogP contribution is -2.43. The zero-order valence-electron chi connectivity index (χ0n) is 11.8. The van der Waals surface area contributed by atoms with Crippen molar-refractivity contribution < 1.29 is 4.79 Å². The van der Waals surface area contributed by atoms with E-state index in [9.17, 15) is 4.79 Å². The second kappa shape index (κ2) is 8.29. The first-order valence-electron chi connectivity index (χ1n) is 6.97. The maximum Gasteiger partial charge on any atom is 0.240 e. The highest BCUT2D eigenvalue weighted by Gasteiger charge is 2.20. The third-order valence-corrected chi connectivity index (χ3v) is 4.91. The summed E-state index contributed by atoms with van der Waals surface area (Å²) in [5.74, 6) is 0.0443. The van der Waals surface area contributed by atoms with Gasteiger partial charge < -0.3 is 11.1 Å². The summed E-state index contributed by atoms with van der Waals surface area (Å²) in [5, 5.41) is 3.69. The van der Waals surface area contributed by atoms with Crippen LogP contribution in [-0.4, -0.2) is 41.5 Å². The predicted molar refractivity (Wildman–Crippen MR) is 90.9 cm³/mol. The summed E-state index contributed by atoms with van der Waals surface area (Å²) >= 11 is 1.63. The Morgan fingerprint density at radius 1 is 1.33 bits per heavy atom. The van der Waals surface area contributed by atoms with Gasteiger partial charge in [-0.3, -0.25) is 9.69 Å². The van der Waals surface area contributed by atoms with Gasteiger partial charge in [-0.1, -0.05) is 0 Å². The number of piperidine rings is 1. The van der Waals surface area contributed by atoms with Crippen LogP contribution in [0.25, 0.3) is 0 Å². The van der Waals surface area contributed by atoms with E-state index in [0.29, 0.717) is 12.6 Å². The fourth-order valence-electron chi connectivity index (χ4n) is 2.72. The van der Waals surface area contributed by atoms with Gasteiger partial charge in [-0.15, -0.1) is 36.2 Å². The number of rotatable bonds is 3. The number of aromatic nitrogens is 1. The molecule has 0 aromatic carbocycles. The first-order valence-corrected chi connectivity index (χ1v) is 7.79. The minimum atomic E-state index is 0. The van der Waals surface area contributed by atoms with Crippen molar-refractivity contribution >= 4 is 47.2 Å². The molecule has 0 atom stereocenters. The number of amides is 1. The lowest BCUT2D eigenvalue weighted by Gasteiger charge is -2.29. The average molecular weight is 353 g/mol. The van der Waals surface area contributed by atoms with Crippen LogP contribution in [0.5, 0.6) is 0 Å². The summed E-state index contributed by atoms with van der Waals surface area (Å²) in [6.07, 6.45) is 5.35. The summed E-state index contributed by atoms with van der Waals surface area (Å²) in [6, 6.07) is 0.307. The van der Waals surface area contributed by atoms with Gasteiger partial charge in [0.05, 0.1) is 12.2 Å². The molecule has 2 aliphatic rings. The van der Waals surface area contributed by atoms with Crippen LogP contribution in [0.3, 0.4) is 0 Å². The molecule has 1 aliphatic heterocycles. The van der Waals surface area contributed by atoms with Crippen LogP contribution in [0.15, 0.2) is 0 Å². The standard InChI is InChI=1S/C13H20N4OS.2ClH/c14-9-4-6-17(7-5-9)8-12(18)16-13-15-10-2-1-3-11(10)19-13;;/h9H,1-8,14H2,(H,15,16,18);2*1H. The Labute approximate surface area is 141 Å². The SMILES string of the molecule is Cl.Cl.NC1CCN(CC(=O)Nc2nc3c(s2)CCC3)CC1. The van der Waals surface area contributed by atoms with E-state index in [-0.39, 0.29) is 30.7 Å². The van der Waals surface area contributed by atoms with E-state index in [1.807, 2.05) is 0 Å². The predicted octanol–water partition coefficient (Wildman–Crippen LogP) is 1.84. The molecule has 0 bridgehead atoms. The third kappa shape index (κ3) is 4.79. The Balaban J connectivity index is 0.00000110. The summed E-state index contributed by atoms with van der Waals surface area (Å²) in [6.45, 7) is 2.29. The Bertz CT molecular complexity index is 453. The van der Waals surface area contributed by atoms with E-state index in [0.717, 1.165) is 43.9 Å². The average Bonchev–Trinajstić information content (AvgIpc) is 2.92. The molecule has 0 unspecified atom stereocenters. The Kier molecular flexibility index (Phi) is 7.36. The summed E-state index contributed by atoms with van der Waals surface area (Å²) < 4.78 is 0. The molecular formula is C13H22Cl2N4OS. The largest absolute Gasteiger partial charge is 0.328 e. The maximum absolute atomic E-state index is 12.0. The number of hydrogen-bond acceptors (Lipinski definition) is 5. The number of halogens is 2. The number of hydrogen-bond donors (Lipinski definition) is 2. The monoisotopic (exact) mass is 352 g/mol. The first-order chi connectivity index (χ1) is 9.20. The molecule has 1 saturated heterocycles. The van der Waals surface area contributed by atoms with Crippen molar-refractivity contribution in [2.75, 3.05) is 25.0 Å². The molecule has 3 rings (SSSR count). The van der Waals surface area contributed by atoms with Gasteiger partial charge >= 0.3 is 0 Å². The number of likely N-dealkylation sites (tertiary alicyclic amines) is 1. The maximum atomic E-state index is 12.0. The van der Waals surface area contributed by atoms with Gasteiger partial charge in [0.1, 0.15) is 0 Å². The molecule has 1 fully saturated rings. The highest BCUT2D eigenvalue weighted by molar-refractivity contribution is 7.15. The highest BCUT2D eigenvalue weighted by Crippen LogP contribution is 2.30. The molecule has 1 aromatic rings. The van der Waals surface area contributed by atoms with Gasteiger partial charge in [-0.25, -0.2) is 4.98 Å². The molecule has 1 amide bonds. The lowest BCUT2D eigenvalue weighted by molar-refractivity contribution is -0.117.